The number of aliphatic hydroxyl groups is 2. The lowest BCUT2D eigenvalue weighted by molar-refractivity contribution is 0.190. The van der Waals surface area contributed by atoms with Crippen molar-refractivity contribution in [2.75, 3.05) is 19.7 Å². The van der Waals surface area contributed by atoms with Crippen molar-refractivity contribution >= 4 is 0 Å². The van der Waals surface area contributed by atoms with Crippen LogP contribution in [0.25, 0.3) is 0 Å². The van der Waals surface area contributed by atoms with Gasteiger partial charge in [0.25, 0.3) is 0 Å². The molecule has 0 saturated heterocycles. The molecule has 0 aliphatic heterocycles. The maximum Gasteiger partial charge on any atom is 0.0636 e. The van der Waals surface area contributed by atoms with E-state index in [9.17, 15) is 0 Å². The van der Waals surface area contributed by atoms with E-state index in [2.05, 4.69) is 5.32 Å². The first kappa shape index (κ1) is 11.9. The van der Waals surface area contributed by atoms with Crippen LogP contribution in [-0.4, -0.2) is 36.0 Å². The molecule has 0 aromatic rings. The van der Waals surface area contributed by atoms with Crippen LogP contribution in [0, 0.1) is 5.92 Å². The molecule has 0 radical (unpaired) electrons. The van der Waals surface area contributed by atoms with Crippen LogP contribution in [0.4, 0.5) is 0 Å². The monoisotopic (exact) mass is 175 g/mol. The number of hydrogen-bond acceptors (Lipinski definition) is 3. The van der Waals surface area contributed by atoms with Crippen molar-refractivity contribution < 1.29 is 10.2 Å². The van der Waals surface area contributed by atoms with Crippen LogP contribution >= 0.6 is 0 Å². The topological polar surface area (TPSA) is 52.5 Å². The summed E-state index contributed by atoms with van der Waals surface area (Å²) in [5.41, 5.74) is 0. The summed E-state index contributed by atoms with van der Waals surface area (Å²) in [4.78, 5) is 0. The van der Waals surface area contributed by atoms with Gasteiger partial charge in [0.05, 0.1) is 6.10 Å². The molecule has 0 saturated carbocycles. The molecule has 74 valence electrons. The standard InChI is InChI=1S/C9H21NO2/c1-8(7-11)4-3-5-10-6-9(2)12/h8-12H,3-7H2,1-2H3/t8?,9-/m0/s1. The summed E-state index contributed by atoms with van der Waals surface area (Å²) >= 11 is 0. The fraction of sp³-hybridized carbons (Fsp3) is 1.00. The Labute approximate surface area is 74.8 Å². The van der Waals surface area contributed by atoms with Crippen LogP contribution in [0.15, 0.2) is 0 Å². The molecular formula is C9H21NO2. The molecule has 0 aromatic carbocycles. The molecule has 0 aliphatic rings. The molecule has 0 amide bonds. The Bertz CT molecular complexity index is 96.5. The highest BCUT2D eigenvalue weighted by Gasteiger charge is 1.99. The summed E-state index contributed by atoms with van der Waals surface area (Å²) in [5.74, 6) is 0.401. The largest absolute Gasteiger partial charge is 0.396 e. The Kier molecular flexibility index (Phi) is 7.45. The van der Waals surface area contributed by atoms with Gasteiger partial charge in [-0.05, 0) is 32.2 Å². The van der Waals surface area contributed by atoms with E-state index < -0.39 is 0 Å². The molecular weight excluding hydrogens is 154 g/mol. The van der Waals surface area contributed by atoms with Crippen LogP contribution in [0.1, 0.15) is 26.7 Å². The van der Waals surface area contributed by atoms with E-state index >= 15 is 0 Å². The highest BCUT2D eigenvalue weighted by molar-refractivity contribution is 4.55. The zero-order valence-electron chi connectivity index (χ0n) is 8.08. The highest BCUT2D eigenvalue weighted by atomic mass is 16.3. The third kappa shape index (κ3) is 7.98. The first-order valence-corrected chi connectivity index (χ1v) is 4.66. The average Bonchev–Trinajstić information content (AvgIpc) is 2.03. The average molecular weight is 175 g/mol. The van der Waals surface area contributed by atoms with Crippen molar-refractivity contribution in [3.05, 3.63) is 0 Å². The van der Waals surface area contributed by atoms with Gasteiger partial charge in [0, 0.05) is 13.2 Å². The maximum absolute atomic E-state index is 8.90. The Morgan fingerprint density at radius 2 is 2.00 bits per heavy atom. The minimum atomic E-state index is -0.264. The third-order valence-electron chi connectivity index (χ3n) is 1.80. The Hall–Kier alpha value is -0.120. The second-order valence-corrected chi connectivity index (χ2v) is 3.48. The SMILES string of the molecule is CC(CO)CCCNC[C@H](C)O. The number of aliphatic hydroxyl groups excluding tert-OH is 2. The quantitative estimate of drug-likeness (QED) is 0.490. The summed E-state index contributed by atoms with van der Waals surface area (Å²) < 4.78 is 0. The van der Waals surface area contributed by atoms with E-state index in [1.54, 1.807) is 6.92 Å². The van der Waals surface area contributed by atoms with Crippen LogP contribution < -0.4 is 5.32 Å². The van der Waals surface area contributed by atoms with E-state index in [1.165, 1.54) is 0 Å². The lowest BCUT2D eigenvalue weighted by Crippen LogP contribution is -2.25. The highest BCUT2D eigenvalue weighted by Crippen LogP contribution is 2.02. The summed E-state index contributed by atoms with van der Waals surface area (Å²) in [5, 5.41) is 20.8. The van der Waals surface area contributed by atoms with Gasteiger partial charge in [-0.15, -0.1) is 0 Å². The van der Waals surface area contributed by atoms with E-state index in [4.69, 9.17) is 10.2 Å². The zero-order valence-corrected chi connectivity index (χ0v) is 8.08. The van der Waals surface area contributed by atoms with E-state index in [0.717, 1.165) is 19.4 Å². The smallest absolute Gasteiger partial charge is 0.0636 e. The zero-order chi connectivity index (χ0) is 9.40. The van der Waals surface area contributed by atoms with Crippen molar-refractivity contribution in [2.45, 2.75) is 32.8 Å². The fourth-order valence-corrected chi connectivity index (χ4v) is 0.978. The van der Waals surface area contributed by atoms with Gasteiger partial charge in [0.1, 0.15) is 0 Å². The number of hydrogen-bond donors (Lipinski definition) is 3. The second kappa shape index (κ2) is 7.53. The summed E-state index contributed by atoms with van der Waals surface area (Å²) in [7, 11) is 0. The van der Waals surface area contributed by atoms with Gasteiger partial charge in [0.2, 0.25) is 0 Å². The predicted octanol–water partition coefficient (Wildman–Crippen LogP) is 0.365. The van der Waals surface area contributed by atoms with Gasteiger partial charge >= 0.3 is 0 Å². The van der Waals surface area contributed by atoms with Crippen LogP contribution in [0.2, 0.25) is 0 Å². The molecule has 0 rings (SSSR count). The van der Waals surface area contributed by atoms with E-state index in [-0.39, 0.29) is 12.7 Å². The van der Waals surface area contributed by atoms with Crippen molar-refractivity contribution in [1.29, 1.82) is 0 Å². The van der Waals surface area contributed by atoms with Crippen LogP contribution in [0.3, 0.4) is 0 Å². The number of nitrogens with one attached hydrogen (secondary N) is 1. The van der Waals surface area contributed by atoms with Crippen LogP contribution in [0.5, 0.6) is 0 Å². The van der Waals surface area contributed by atoms with Crippen molar-refractivity contribution in [1.82, 2.24) is 5.32 Å². The summed E-state index contributed by atoms with van der Waals surface area (Å²) in [6.07, 6.45) is 1.85. The van der Waals surface area contributed by atoms with Gasteiger partial charge in [-0.3, -0.25) is 0 Å². The maximum atomic E-state index is 8.90. The molecule has 0 bridgehead atoms. The first-order chi connectivity index (χ1) is 5.66. The first-order valence-electron chi connectivity index (χ1n) is 4.66. The molecule has 0 spiro atoms. The molecule has 0 aliphatic carbocycles. The molecule has 0 fully saturated rings. The number of rotatable bonds is 7. The molecule has 3 nitrogen and oxygen atoms in total. The molecule has 1 unspecified atom stereocenters. The summed E-state index contributed by atoms with van der Waals surface area (Å²) in [6.45, 7) is 5.66. The lowest BCUT2D eigenvalue weighted by Gasteiger charge is -2.09. The van der Waals surface area contributed by atoms with Gasteiger partial charge in [-0.2, -0.15) is 0 Å². The molecule has 12 heavy (non-hydrogen) atoms. The van der Waals surface area contributed by atoms with Gasteiger partial charge in [0.15, 0.2) is 0 Å². The Morgan fingerprint density at radius 3 is 2.50 bits per heavy atom. The van der Waals surface area contributed by atoms with Crippen molar-refractivity contribution in [2.24, 2.45) is 5.92 Å². The molecule has 3 heteroatoms. The molecule has 0 aromatic heterocycles. The van der Waals surface area contributed by atoms with Crippen LogP contribution in [-0.2, 0) is 0 Å². The minimum absolute atomic E-state index is 0.264. The van der Waals surface area contributed by atoms with Crippen molar-refractivity contribution in [3.63, 3.8) is 0 Å². The fourth-order valence-electron chi connectivity index (χ4n) is 0.978. The Balaban J connectivity index is 3.00. The van der Waals surface area contributed by atoms with E-state index in [0.29, 0.717) is 12.5 Å². The molecule has 0 heterocycles. The van der Waals surface area contributed by atoms with Crippen molar-refractivity contribution in [3.8, 4) is 0 Å². The van der Waals surface area contributed by atoms with Gasteiger partial charge < -0.3 is 15.5 Å². The van der Waals surface area contributed by atoms with Gasteiger partial charge in [-0.1, -0.05) is 6.92 Å². The minimum Gasteiger partial charge on any atom is -0.396 e. The van der Waals surface area contributed by atoms with E-state index in [1.807, 2.05) is 6.92 Å². The van der Waals surface area contributed by atoms with Gasteiger partial charge in [-0.25, -0.2) is 0 Å². The summed E-state index contributed by atoms with van der Waals surface area (Å²) in [6, 6.07) is 0. The molecule has 3 N–H and O–H groups in total. The molecule has 2 atom stereocenters. The predicted molar refractivity (Wildman–Crippen MR) is 50.0 cm³/mol. The third-order valence-corrected chi connectivity index (χ3v) is 1.80. The second-order valence-electron chi connectivity index (χ2n) is 3.48. The lowest BCUT2D eigenvalue weighted by atomic mass is 10.1. The Morgan fingerprint density at radius 1 is 1.33 bits per heavy atom. The normalized spacial score (nSPS) is 16.0.